The van der Waals surface area contributed by atoms with E-state index in [1.54, 1.807) is 6.92 Å². The Bertz CT molecular complexity index is 460. The third-order valence-corrected chi connectivity index (χ3v) is 1.91. The first-order valence-electron chi connectivity index (χ1n) is 5.53. The lowest BCUT2D eigenvalue weighted by atomic mass is 10.3. The largest absolute Gasteiger partial charge is 0.407 e. The van der Waals surface area contributed by atoms with Crippen molar-refractivity contribution in [3.8, 4) is 17.7 Å². The summed E-state index contributed by atoms with van der Waals surface area (Å²) in [4.78, 5) is 14.9. The van der Waals surface area contributed by atoms with Crippen LogP contribution in [-0.4, -0.2) is 11.0 Å². The monoisotopic (exact) mass is 235 g/mol. The van der Waals surface area contributed by atoms with Crippen LogP contribution in [0.2, 0.25) is 0 Å². The predicted molar refractivity (Wildman–Crippen MR) is 61.9 cm³/mol. The molecule has 0 N–H and O–H groups in total. The predicted octanol–water partition coefficient (Wildman–Crippen LogP) is 2.69. The van der Waals surface area contributed by atoms with Crippen molar-refractivity contribution in [1.29, 1.82) is 0 Å². The maximum atomic E-state index is 13.3. The Morgan fingerprint density at radius 1 is 1.47 bits per heavy atom. The zero-order valence-corrected chi connectivity index (χ0v) is 9.92. The Morgan fingerprint density at radius 2 is 2.24 bits per heavy atom. The Labute approximate surface area is 100 Å². The molecule has 0 aliphatic rings. The summed E-state index contributed by atoms with van der Waals surface area (Å²) in [5, 5.41) is 0. The molecule has 0 unspecified atom stereocenters. The quantitative estimate of drug-likeness (QED) is 0.597. The van der Waals surface area contributed by atoms with Gasteiger partial charge in [-0.05, 0) is 18.4 Å². The third-order valence-electron chi connectivity index (χ3n) is 1.91. The van der Waals surface area contributed by atoms with Crippen LogP contribution in [0.15, 0.2) is 12.1 Å². The summed E-state index contributed by atoms with van der Waals surface area (Å²) < 4.78 is 18.2. The molecule has 3 nitrogen and oxygen atoms in total. The van der Waals surface area contributed by atoms with Crippen LogP contribution in [0.5, 0.6) is 5.88 Å². The van der Waals surface area contributed by atoms with Gasteiger partial charge in [-0.2, -0.15) is 0 Å². The van der Waals surface area contributed by atoms with Crippen LogP contribution in [0.3, 0.4) is 0 Å². The number of carbonyl (C=O) groups excluding carboxylic acids is 1. The lowest BCUT2D eigenvalue weighted by Gasteiger charge is -2.02. The van der Waals surface area contributed by atoms with Crippen molar-refractivity contribution in [3.05, 3.63) is 23.6 Å². The van der Waals surface area contributed by atoms with Crippen molar-refractivity contribution in [2.75, 3.05) is 0 Å². The highest BCUT2D eigenvalue weighted by atomic mass is 19.1. The summed E-state index contributed by atoms with van der Waals surface area (Å²) in [6, 6.07) is 2.51. The Hall–Kier alpha value is -1.89. The van der Waals surface area contributed by atoms with E-state index in [4.69, 9.17) is 4.74 Å². The van der Waals surface area contributed by atoms with Gasteiger partial charge in [-0.15, -0.1) is 0 Å². The van der Waals surface area contributed by atoms with Gasteiger partial charge in [0.1, 0.15) is 0 Å². The highest BCUT2D eigenvalue weighted by molar-refractivity contribution is 5.71. The topological polar surface area (TPSA) is 39.2 Å². The van der Waals surface area contributed by atoms with E-state index in [1.165, 1.54) is 12.1 Å². The van der Waals surface area contributed by atoms with Gasteiger partial charge in [0.25, 0.3) is 0 Å². The number of ether oxygens (including phenoxy) is 1. The molecule has 1 aromatic rings. The molecule has 0 bridgehead atoms. The lowest BCUT2D eigenvalue weighted by molar-refractivity contribution is -0.134. The summed E-state index contributed by atoms with van der Waals surface area (Å²) >= 11 is 0. The average molecular weight is 235 g/mol. The van der Waals surface area contributed by atoms with E-state index in [2.05, 4.69) is 16.8 Å². The molecule has 1 rings (SSSR count). The molecule has 0 fully saturated rings. The van der Waals surface area contributed by atoms with Crippen LogP contribution >= 0.6 is 0 Å². The number of carbonyl (C=O) groups is 1. The molecule has 0 saturated carbocycles. The molecule has 1 heterocycles. The fraction of sp³-hybridized carbons (Fsp3) is 0.385. The Morgan fingerprint density at radius 3 is 2.88 bits per heavy atom. The van der Waals surface area contributed by atoms with Crippen LogP contribution in [0.1, 0.15) is 38.8 Å². The van der Waals surface area contributed by atoms with Gasteiger partial charge in [-0.3, -0.25) is 4.79 Å². The van der Waals surface area contributed by atoms with Crippen molar-refractivity contribution in [3.63, 3.8) is 0 Å². The molecule has 4 heteroatoms. The second kappa shape index (κ2) is 6.64. The van der Waals surface area contributed by atoms with Crippen LogP contribution < -0.4 is 4.74 Å². The summed E-state index contributed by atoms with van der Waals surface area (Å²) in [6.45, 7) is 3.66. The fourth-order valence-corrected chi connectivity index (χ4v) is 1.03. The summed E-state index contributed by atoms with van der Waals surface area (Å²) in [5.41, 5.74) is 0.0138. The van der Waals surface area contributed by atoms with Gasteiger partial charge in [0.2, 0.25) is 5.88 Å². The normalized spacial score (nSPS) is 9.35. The fourth-order valence-electron chi connectivity index (χ4n) is 1.03. The first-order chi connectivity index (χ1) is 8.17. The second-order valence-electron chi connectivity index (χ2n) is 3.36. The molecule has 0 saturated heterocycles. The zero-order valence-electron chi connectivity index (χ0n) is 9.92. The molecule has 90 valence electrons. The van der Waals surface area contributed by atoms with Crippen LogP contribution in [0.4, 0.5) is 4.39 Å². The van der Waals surface area contributed by atoms with E-state index < -0.39 is 11.8 Å². The van der Waals surface area contributed by atoms with Gasteiger partial charge in [-0.1, -0.05) is 19.8 Å². The SMILES string of the molecule is CCCC#Cc1nc(OC(=O)CC)ccc1F. The highest BCUT2D eigenvalue weighted by Gasteiger charge is 2.06. The van der Waals surface area contributed by atoms with E-state index >= 15 is 0 Å². The molecule has 0 aromatic carbocycles. The van der Waals surface area contributed by atoms with Crippen LogP contribution in [-0.2, 0) is 4.79 Å². The Balaban J connectivity index is 2.87. The van der Waals surface area contributed by atoms with Crippen LogP contribution in [0, 0.1) is 17.7 Å². The number of pyridine rings is 1. The van der Waals surface area contributed by atoms with E-state index in [0.29, 0.717) is 6.42 Å². The van der Waals surface area contributed by atoms with Crippen molar-refractivity contribution >= 4 is 5.97 Å². The van der Waals surface area contributed by atoms with Crippen molar-refractivity contribution in [2.24, 2.45) is 0 Å². The standard InChI is InChI=1S/C13H14FNO2/c1-3-5-6-7-11-10(14)8-9-12(15-11)17-13(16)4-2/h8-9H,3-5H2,1-2H3. The smallest absolute Gasteiger partial charge is 0.312 e. The van der Waals surface area contributed by atoms with Crippen molar-refractivity contribution in [2.45, 2.75) is 33.1 Å². The molecule has 0 atom stereocenters. The molecule has 0 amide bonds. The van der Waals surface area contributed by atoms with Crippen molar-refractivity contribution < 1.29 is 13.9 Å². The number of nitrogens with zero attached hydrogens (tertiary/aromatic N) is 1. The minimum Gasteiger partial charge on any atom is -0.407 e. The minimum absolute atomic E-state index is 0.0138. The molecular formula is C13H14FNO2. The van der Waals surface area contributed by atoms with Gasteiger partial charge in [0, 0.05) is 18.9 Å². The van der Waals surface area contributed by atoms with Crippen LogP contribution in [0.25, 0.3) is 0 Å². The molecule has 0 spiro atoms. The average Bonchev–Trinajstić information content (AvgIpc) is 2.33. The van der Waals surface area contributed by atoms with Gasteiger partial charge in [0.05, 0.1) is 0 Å². The van der Waals surface area contributed by atoms with E-state index in [1.807, 2.05) is 6.92 Å². The number of halogens is 1. The van der Waals surface area contributed by atoms with E-state index in [9.17, 15) is 9.18 Å². The van der Waals surface area contributed by atoms with E-state index in [0.717, 1.165) is 6.42 Å². The minimum atomic E-state index is -0.509. The number of rotatable bonds is 3. The maximum Gasteiger partial charge on any atom is 0.312 e. The molecule has 17 heavy (non-hydrogen) atoms. The lowest BCUT2D eigenvalue weighted by Crippen LogP contribution is -2.07. The second-order valence-corrected chi connectivity index (χ2v) is 3.36. The van der Waals surface area contributed by atoms with E-state index in [-0.39, 0.29) is 18.0 Å². The summed E-state index contributed by atoms with van der Waals surface area (Å²) in [6.07, 6.45) is 1.83. The summed E-state index contributed by atoms with van der Waals surface area (Å²) in [7, 11) is 0. The van der Waals surface area contributed by atoms with Crippen molar-refractivity contribution in [1.82, 2.24) is 4.98 Å². The number of hydrogen-bond acceptors (Lipinski definition) is 3. The van der Waals surface area contributed by atoms with Gasteiger partial charge in [-0.25, -0.2) is 9.37 Å². The number of hydrogen-bond donors (Lipinski definition) is 0. The molecule has 0 radical (unpaired) electrons. The highest BCUT2D eigenvalue weighted by Crippen LogP contribution is 2.11. The molecule has 1 aromatic heterocycles. The third kappa shape index (κ3) is 4.23. The zero-order chi connectivity index (χ0) is 12.7. The van der Waals surface area contributed by atoms with Gasteiger partial charge >= 0.3 is 5.97 Å². The number of aromatic nitrogens is 1. The van der Waals surface area contributed by atoms with Gasteiger partial charge < -0.3 is 4.74 Å². The molecular weight excluding hydrogens is 221 g/mol. The summed E-state index contributed by atoms with van der Waals surface area (Å²) in [5.74, 6) is 4.58. The molecule has 0 aliphatic carbocycles. The molecule has 0 aliphatic heterocycles. The number of esters is 1. The Kier molecular flexibility index (Phi) is 5.15. The first kappa shape index (κ1) is 13.2. The first-order valence-corrected chi connectivity index (χ1v) is 5.53. The van der Waals surface area contributed by atoms with Gasteiger partial charge in [0.15, 0.2) is 11.5 Å². The number of unbranched alkanes of at least 4 members (excludes halogenated alkanes) is 1. The maximum absolute atomic E-state index is 13.3.